The summed E-state index contributed by atoms with van der Waals surface area (Å²) in [5, 5.41) is 6.97. The van der Waals surface area contributed by atoms with Gasteiger partial charge in [0.25, 0.3) is 0 Å². The predicted molar refractivity (Wildman–Crippen MR) is 113 cm³/mol. The number of ether oxygens (including phenoxy) is 1. The van der Waals surface area contributed by atoms with Crippen molar-refractivity contribution in [3.05, 3.63) is 95.0 Å². The van der Waals surface area contributed by atoms with Crippen LogP contribution in [-0.4, -0.2) is 18.0 Å². The molecule has 2 N–H and O–H groups in total. The number of benzene rings is 3. The van der Waals surface area contributed by atoms with Gasteiger partial charge in [-0.3, -0.25) is 9.59 Å². The molecule has 0 unspecified atom stereocenters. The van der Waals surface area contributed by atoms with E-state index >= 15 is 0 Å². The summed E-state index contributed by atoms with van der Waals surface area (Å²) in [5.41, 5.74) is 4.43. The normalized spacial score (nSPS) is 10.5. The molecule has 0 aliphatic rings. The van der Waals surface area contributed by atoms with Crippen LogP contribution in [0.25, 0.3) is 0 Å². The van der Waals surface area contributed by atoms with Gasteiger partial charge < -0.3 is 10.1 Å². The first kappa shape index (κ1) is 20.1. The van der Waals surface area contributed by atoms with E-state index in [-0.39, 0.29) is 0 Å². The molecule has 0 spiro atoms. The lowest BCUT2D eigenvalue weighted by Crippen LogP contribution is -2.32. The van der Waals surface area contributed by atoms with E-state index in [4.69, 9.17) is 16.3 Å². The molecule has 29 heavy (non-hydrogen) atoms. The summed E-state index contributed by atoms with van der Waals surface area (Å²) in [6.07, 6.45) is 1.43. The van der Waals surface area contributed by atoms with Gasteiger partial charge in [-0.05, 0) is 47.5 Å². The molecule has 7 heteroatoms. The van der Waals surface area contributed by atoms with Crippen LogP contribution in [0.2, 0.25) is 5.02 Å². The van der Waals surface area contributed by atoms with Crippen molar-refractivity contribution < 1.29 is 14.3 Å². The van der Waals surface area contributed by atoms with Gasteiger partial charge in [-0.1, -0.05) is 54.1 Å². The van der Waals surface area contributed by atoms with Crippen LogP contribution in [0.3, 0.4) is 0 Å². The third kappa shape index (κ3) is 6.48. The van der Waals surface area contributed by atoms with Gasteiger partial charge in [0.1, 0.15) is 12.4 Å². The maximum atomic E-state index is 11.8. The van der Waals surface area contributed by atoms with Crippen LogP contribution in [0.15, 0.2) is 84.0 Å². The summed E-state index contributed by atoms with van der Waals surface area (Å²) in [6, 6.07) is 23.3. The summed E-state index contributed by atoms with van der Waals surface area (Å²) < 4.78 is 5.75. The Morgan fingerprint density at radius 3 is 2.45 bits per heavy atom. The zero-order valence-electron chi connectivity index (χ0n) is 15.3. The number of halogens is 1. The van der Waals surface area contributed by atoms with Crippen molar-refractivity contribution in [2.45, 2.75) is 6.61 Å². The molecule has 6 nitrogen and oxygen atoms in total. The van der Waals surface area contributed by atoms with Crippen molar-refractivity contribution in [1.29, 1.82) is 0 Å². The molecule has 0 aliphatic carbocycles. The molecule has 0 aromatic heterocycles. The third-order valence-corrected chi connectivity index (χ3v) is 4.05. The molecule has 0 saturated heterocycles. The van der Waals surface area contributed by atoms with E-state index in [1.165, 1.54) is 6.21 Å². The Bertz CT molecular complexity index is 1010. The van der Waals surface area contributed by atoms with Crippen molar-refractivity contribution in [2.75, 3.05) is 5.32 Å². The van der Waals surface area contributed by atoms with Crippen LogP contribution in [0.4, 0.5) is 5.69 Å². The van der Waals surface area contributed by atoms with Gasteiger partial charge in [0.2, 0.25) is 0 Å². The largest absolute Gasteiger partial charge is 0.489 e. The minimum Gasteiger partial charge on any atom is -0.489 e. The summed E-state index contributed by atoms with van der Waals surface area (Å²) in [6.45, 7) is 0.397. The van der Waals surface area contributed by atoms with E-state index in [1.807, 2.05) is 30.3 Å². The second-order valence-corrected chi connectivity index (χ2v) is 6.44. The molecule has 0 saturated carbocycles. The molecular formula is C22H18ClN3O3. The summed E-state index contributed by atoms with van der Waals surface area (Å²) >= 11 is 5.87. The van der Waals surface area contributed by atoms with E-state index in [0.29, 0.717) is 28.6 Å². The fourth-order valence-electron chi connectivity index (χ4n) is 2.36. The van der Waals surface area contributed by atoms with Gasteiger partial charge in [-0.15, -0.1) is 0 Å². The monoisotopic (exact) mass is 407 g/mol. The van der Waals surface area contributed by atoms with Crippen molar-refractivity contribution in [3.8, 4) is 5.75 Å². The fourth-order valence-corrected chi connectivity index (χ4v) is 2.48. The lowest BCUT2D eigenvalue weighted by Gasteiger charge is -2.07. The van der Waals surface area contributed by atoms with E-state index in [9.17, 15) is 9.59 Å². The van der Waals surface area contributed by atoms with Gasteiger partial charge in [-0.2, -0.15) is 5.10 Å². The van der Waals surface area contributed by atoms with Crippen LogP contribution in [0.5, 0.6) is 5.75 Å². The second kappa shape index (κ2) is 10.1. The molecule has 2 amide bonds. The Balaban J connectivity index is 1.51. The number of rotatable bonds is 6. The Labute approximate surface area is 173 Å². The number of anilines is 1. The number of carbonyl (C=O) groups is 2. The number of amides is 2. The first-order valence-corrected chi connectivity index (χ1v) is 9.15. The van der Waals surface area contributed by atoms with Gasteiger partial charge in [0.15, 0.2) is 0 Å². The van der Waals surface area contributed by atoms with E-state index in [2.05, 4.69) is 15.8 Å². The Morgan fingerprint density at radius 1 is 0.931 bits per heavy atom. The molecule has 0 atom stereocenters. The lowest BCUT2D eigenvalue weighted by molar-refractivity contribution is -0.136. The second-order valence-electron chi connectivity index (χ2n) is 6.01. The molecular weight excluding hydrogens is 390 g/mol. The quantitative estimate of drug-likeness (QED) is 0.368. The zero-order chi connectivity index (χ0) is 20.5. The molecule has 0 fully saturated rings. The average Bonchev–Trinajstić information content (AvgIpc) is 2.74. The first-order valence-electron chi connectivity index (χ1n) is 8.77. The summed E-state index contributed by atoms with van der Waals surface area (Å²) in [4.78, 5) is 23.6. The molecule has 0 aliphatic heterocycles. The van der Waals surface area contributed by atoms with Crippen molar-refractivity contribution in [3.63, 3.8) is 0 Å². The molecule has 0 bridgehead atoms. The highest BCUT2D eigenvalue weighted by molar-refractivity contribution is 6.39. The predicted octanol–water partition coefficient (Wildman–Crippen LogP) is 4.01. The Kier molecular flexibility index (Phi) is 6.97. The smallest absolute Gasteiger partial charge is 0.329 e. The minimum absolute atomic E-state index is 0.397. The average molecular weight is 408 g/mol. The number of carbonyl (C=O) groups excluding carboxylic acids is 2. The Hall–Kier alpha value is -3.64. The first-order chi connectivity index (χ1) is 14.1. The Morgan fingerprint density at radius 2 is 1.69 bits per heavy atom. The fraction of sp³-hybridized carbons (Fsp3) is 0.0455. The number of nitrogens with one attached hydrogen (secondary N) is 2. The van der Waals surface area contributed by atoms with E-state index in [1.54, 1.807) is 48.5 Å². The maximum absolute atomic E-state index is 11.8. The van der Waals surface area contributed by atoms with Crippen LogP contribution in [-0.2, 0) is 16.2 Å². The molecule has 3 aromatic rings. The third-order valence-electron chi connectivity index (χ3n) is 3.79. The molecule has 146 valence electrons. The van der Waals surface area contributed by atoms with Crippen molar-refractivity contribution >= 4 is 35.3 Å². The standard InChI is InChI=1S/C22H18ClN3O3/c23-18-11-9-16(10-12-18)15-29-20-8-4-5-17(13-20)14-24-26-22(28)21(27)25-19-6-2-1-3-7-19/h1-14H,15H2,(H,25,27)(H,26,28)/b24-14+. The number of para-hydroxylation sites is 1. The van der Waals surface area contributed by atoms with Gasteiger partial charge in [-0.25, -0.2) is 5.43 Å². The van der Waals surface area contributed by atoms with Crippen LogP contribution >= 0.6 is 11.6 Å². The summed E-state index contributed by atoms with van der Waals surface area (Å²) in [5.74, 6) is -1.01. The number of hydrogen-bond acceptors (Lipinski definition) is 4. The highest BCUT2D eigenvalue weighted by atomic mass is 35.5. The molecule has 0 radical (unpaired) electrons. The highest BCUT2D eigenvalue weighted by Gasteiger charge is 2.12. The topological polar surface area (TPSA) is 79.8 Å². The zero-order valence-corrected chi connectivity index (χ0v) is 16.1. The maximum Gasteiger partial charge on any atom is 0.329 e. The van der Waals surface area contributed by atoms with E-state index < -0.39 is 11.8 Å². The van der Waals surface area contributed by atoms with Crippen molar-refractivity contribution in [1.82, 2.24) is 5.43 Å². The molecule has 3 rings (SSSR count). The minimum atomic E-state index is -0.861. The van der Waals surface area contributed by atoms with E-state index in [0.717, 1.165) is 5.56 Å². The number of hydrogen-bond donors (Lipinski definition) is 2. The number of hydrazone groups is 1. The van der Waals surface area contributed by atoms with Crippen LogP contribution in [0, 0.1) is 0 Å². The lowest BCUT2D eigenvalue weighted by atomic mass is 10.2. The molecule has 0 heterocycles. The van der Waals surface area contributed by atoms with Gasteiger partial charge in [0.05, 0.1) is 6.21 Å². The molecule has 3 aromatic carbocycles. The highest BCUT2D eigenvalue weighted by Crippen LogP contribution is 2.15. The summed E-state index contributed by atoms with van der Waals surface area (Å²) in [7, 11) is 0. The number of nitrogens with zero attached hydrogens (tertiary/aromatic N) is 1. The van der Waals surface area contributed by atoms with Gasteiger partial charge in [0, 0.05) is 10.7 Å². The van der Waals surface area contributed by atoms with Crippen LogP contribution < -0.4 is 15.5 Å². The SMILES string of the molecule is O=C(N/N=C/c1cccc(OCc2ccc(Cl)cc2)c1)C(=O)Nc1ccccc1. The van der Waals surface area contributed by atoms with Crippen molar-refractivity contribution in [2.24, 2.45) is 5.10 Å². The van der Waals surface area contributed by atoms with Crippen LogP contribution in [0.1, 0.15) is 11.1 Å². The van der Waals surface area contributed by atoms with Gasteiger partial charge >= 0.3 is 11.8 Å².